The number of rotatable bonds is 14. The van der Waals surface area contributed by atoms with Crippen LogP contribution in [0.15, 0.2) is 0 Å². The number of carbonyl (C=O) groups is 1. The highest BCUT2D eigenvalue weighted by atomic mass is 16.8. The number of hydrogen-bond donors (Lipinski definition) is 17. The molecular formula is C32H55NO26. The molecule has 10 unspecified atom stereocenters. The van der Waals surface area contributed by atoms with Crippen molar-refractivity contribution < 1.29 is 129 Å². The number of amides is 1. The molecule has 0 aromatic carbocycles. The lowest BCUT2D eigenvalue weighted by molar-refractivity contribution is -0.388. The predicted octanol–water partition coefficient (Wildman–Crippen LogP) is -11.8. The van der Waals surface area contributed by atoms with E-state index in [1.165, 1.54) is 0 Å². The summed E-state index contributed by atoms with van der Waals surface area (Å²) >= 11 is 0. The van der Waals surface area contributed by atoms with Crippen molar-refractivity contribution in [2.24, 2.45) is 0 Å². The number of aliphatic hydroxyl groups excluding tert-OH is 16. The zero-order chi connectivity index (χ0) is 43.6. The van der Waals surface area contributed by atoms with Gasteiger partial charge in [0.05, 0.1) is 33.0 Å². The van der Waals surface area contributed by atoms with Gasteiger partial charge in [-0.1, -0.05) is 0 Å². The van der Waals surface area contributed by atoms with Crippen LogP contribution in [0.1, 0.15) is 6.92 Å². The smallest absolute Gasteiger partial charge is 0.217 e. The van der Waals surface area contributed by atoms with Crippen LogP contribution in [0.2, 0.25) is 0 Å². The standard InChI is InChI=1S/C32H55NO26/c1-7(39)33-13-26(58-30-21(47)17(43)14(40)8(2-34)53-30)15(41)9(3-35)52-29(13)59-27-16(42)10(4-36)54-32(23(27)49)57-25-12(6-38)55-31(22(48)19(25)45)56-24-11(5-37)51-28(50)20(46)18(24)44/h8-32,34-38,40-50H,2-6H2,1H3,(H,33,39)/t8?,9?,10?,11?,12?,13?,14-,15-,16-,17-,18+,19+,20?,21?,22?,23?,24+,25-,26+,27-,28+,29-,30-,31-,32+/m0/s1. The number of aliphatic hydroxyl groups is 16. The molecule has 0 saturated carbocycles. The first-order valence-electron chi connectivity index (χ1n) is 18.6. The number of nitrogens with one attached hydrogen (secondary N) is 1. The lowest BCUT2D eigenvalue weighted by atomic mass is 9.94. The Bertz CT molecular complexity index is 1320. The number of hydrogen-bond acceptors (Lipinski definition) is 26. The average Bonchev–Trinajstić information content (AvgIpc) is 3.21. The van der Waals surface area contributed by atoms with Crippen LogP contribution in [-0.4, -0.2) is 274 Å². The summed E-state index contributed by atoms with van der Waals surface area (Å²) in [5.74, 6) is -0.805. The van der Waals surface area contributed by atoms with E-state index in [4.69, 9.17) is 42.6 Å². The van der Waals surface area contributed by atoms with Gasteiger partial charge in [-0.05, 0) is 0 Å². The van der Waals surface area contributed by atoms with Gasteiger partial charge in [-0.15, -0.1) is 0 Å². The third-order valence-corrected chi connectivity index (χ3v) is 10.7. The molecule has 59 heavy (non-hydrogen) atoms. The van der Waals surface area contributed by atoms with Crippen LogP contribution in [0.3, 0.4) is 0 Å². The molecule has 27 heteroatoms. The van der Waals surface area contributed by atoms with Crippen LogP contribution in [-0.2, 0) is 47.4 Å². The second-order valence-electron chi connectivity index (χ2n) is 14.7. The molecule has 0 aliphatic carbocycles. The summed E-state index contributed by atoms with van der Waals surface area (Å²) in [6, 6.07) is -1.67. The Morgan fingerprint density at radius 2 is 0.780 bits per heavy atom. The number of ether oxygens (including phenoxy) is 9. The molecule has 0 spiro atoms. The maximum Gasteiger partial charge on any atom is 0.217 e. The maximum absolute atomic E-state index is 12.4. The minimum atomic E-state index is -2.15. The SMILES string of the molecule is CC(=O)NC1[C@H](O[C@@H]2C(O)[C@@H](O[C@H]3C(CO)O[C@@H](O[C@@H]4C(CO)O[C@@H](O)C(O)[C@H]4O)C(O)[C@H]3O)OC(CO)[C@@H]2O)OC(CO)[C@H](O)[C@@H]1O[C@@H]1OC(CO)[C@H](O)[C@H](O)C1O. The van der Waals surface area contributed by atoms with Crippen LogP contribution < -0.4 is 5.32 Å². The fourth-order valence-electron chi connectivity index (χ4n) is 7.43. The maximum atomic E-state index is 12.4. The molecule has 17 N–H and O–H groups in total. The van der Waals surface area contributed by atoms with Gasteiger partial charge in [-0.2, -0.15) is 0 Å². The van der Waals surface area contributed by atoms with Crippen molar-refractivity contribution in [3.63, 3.8) is 0 Å². The van der Waals surface area contributed by atoms with Crippen molar-refractivity contribution in [1.29, 1.82) is 0 Å². The molecule has 25 atom stereocenters. The molecule has 5 fully saturated rings. The van der Waals surface area contributed by atoms with Gasteiger partial charge >= 0.3 is 0 Å². The normalized spacial score (nSPS) is 51.0. The Labute approximate surface area is 333 Å². The topological polar surface area (TPSA) is 436 Å². The second kappa shape index (κ2) is 20.8. The minimum absolute atomic E-state index is 0.805. The molecule has 5 aliphatic heterocycles. The predicted molar refractivity (Wildman–Crippen MR) is 178 cm³/mol. The third-order valence-electron chi connectivity index (χ3n) is 10.7. The van der Waals surface area contributed by atoms with Gasteiger partial charge in [0, 0.05) is 6.92 Å². The van der Waals surface area contributed by atoms with Crippen molar-refractivity contribution in [3.8, 4) is 0 Å². The lowest BCUT2D eigenvalue weighted by Crippen LogP contribution is -2.70. The van der Waals surface area contributed by atoms with Crippen LogP contribution in [0.5, 0.6) is 0 Å². The molecule has 5 rings (SSSR count). The third kappa shape index (κ3) is 10.2. The van der Waals surface area contributed by atoms with Crippen molar-refractivity contribution >= 4 is 5.91 Å². The summed E-state index contributed by atoms with van der Waals surface area (Å²) in [6.07, 6.45) is -44.4. The van der Waals surface area contributed by atoms with Gasteiger partial charge in [-0.25, -0.2) is 0 Å². The molecule has 5 aliphatic rings. The van der Waals surface area contributed by atoms with Crippen molar-refractivity contribution in [3.05, 3.63) is 0 Å². The Morgan fingerprint density at radius 1 is 0.407 bits per heavy atom. The van der Waals surface area contributed by atoms with Gasteiger partial charge in [0.25, 0.3) is 0 Å². The molecule has 344 valence electrons. The molecule has 0 aromatic heterocycles. The fourth-order valence-corrected chi connectivity index (χ4v) is 7.43. The Balaban J connectivity index is 1.35. The molecule has 0 aromatic rings. The van der Waals surface area contributed by atoms with E-state index in [1.807, 2.05) is 0 Å². The summed E-state index contributed by atoms with van der Waals surface area (Å²) < 4.78 is 50.1. The van der Waals surface area contributed by atoms with Crippen molar-refractivity contribution in [1.82, 2.24) is 5.32 Å². The van der Waals surface area contributed by atoms with E-state index < -0.39 is 192 Å². The van der Waals surface area contributed by atoms with Gasteiger partial charge < -0.3 is 130 Å². The van der Waals surface area contributed by atoms with E-state index >= 15 is 0 Å². The molecule has 5 saturated heterocycles. The van der Waals surface area contributed by atoms with Crippen LogP contribution in [0, 0.1) is 0 Å². The molecule has 1 amide bonds. The summed E-state index contributed by atoms with van der Waals surface area (Å²) in [5, 5.41) is 169. The highest BCUT2D eigenvalue weighted by molar-refractivity contribution is 5.73. The summed E-state index contributed by atoms with van der Waals surface area (Å²) in [5.41, 5.74) is 0. The fraction of sp³-hybridized carbons (Fsp3) is 0.969. The van der Waals surface area contributed by atoms with Crippen LogP contribution in [0.4, 0.5) is 0 Å². The largest absolute Gasteiger partial charge is 0.394 e. The average molecular weight is 870 g/mol. The highest BCUT2D eigenvalue weighted by Gasteiger charge is 2.57. The number of carbonyl (C=O) groups excluding carboxylic acids is 1. The van der Waals surface area contributed by atoms with E-state index in [9.17, 15) is 86.5 Å². The summed E-state index contributed by atoms with van der Waals surface area (Å²) in [7, 11) is 0. The van der Waals surface area contributed by atoms with E-state index in [0.29, 0.717) is 0 Å². The quantitative estimate of drug-likeness (QED) is 0.0770. The summed E-state index contributed by atoms with van der Waals surface area (Å²) in [4.78, 5) is 12.4. The van der Waals surface area contributed by atoms with Gasteiger partial charge in [0.15, 0.2) is 31.5 Å². The Kier molecular flexibility index (Phi) is 17.1. The first-order valence-corrected chi connectivity index (χ1v) is 18.6. The molecule has 5 heterocycles. The lowest BCUT2D eigenvalue weighted by Gasteiger charge is -2.50. The first-order chi connectivity index (χ1) is 27.9. The molecule has 0 bridgehead atoms. The molecule has 0 radical (unpaired) electrons. The first kappa shape index (κ1) is 48.5. The van der Waals surface area contributed by atoms with Crippen LogP contribution >= 0.6 is 0 Å². The van der Waals surface area contributed by atoms with Gasteiger partial charge in [0.2, 0.25) is 5.91 Å². The van der Waals surface area contributed by atoms with E-state index in [-0.39, 0.29) is 0 Å². The molecular weight excluding hydrogens is 814 g/mol. The minimum Gasteiger partial charge on any atom is -0.394 e. The van der Waals surface area contributed by atoms with E-state index in [2.05, 4.69) is 5.32 Å². The summed E-state index contributed by atoms with van der Waals surface area (Å²) in [6.45, 7) is -3.58. The van der Waals surface area contributed by atoms with Crippen molar-refractivity contribution in [2.45, 2.75) is 160 Å². The van der Waals surface area contributed by atoms with Gasteiger partial charge in [-0.3, -0.25) is 4.79 Å². The van der Waals surface area contributed by atoms with Gasteiger partial charge in [0.1, 0.15) is 122 Å². The van der Waals surface area contributed by atoms with Crippen LogP contribution in [0.25, 0.3) is 0 Å². The van der Waals surface area contributed by atoms with E-state index in [0.717, 1.165) is 6.92 Å². The van der Waals surface area contributed by atoms with Crippen molar-refractivity contribution in [2.75, 3.05) is 33.0 Å². The second-order valence-corrected chi connectivity index (χ2v) is 14.7. The molecule has 27 nitrogen and oxygen atoms in total. The highest BCUT2D eigenvalue weighted by Crippen LogP contribution is 2.35. The zero-order valence-electron chi connectivity index (χ0n) is 31.2. The zero-order valence-corrected chi connectivity index (χ0v) is 31.2. The monoisotopic (exact) mass is 869 g/mol. The Morgan fingerprint density at radius 3 is 1.29 bits per heavy atom. The van der Waals surface area contributed by atoms with E-state index in [1.54, 1.807) is 0 Å². The Hall–Kier alpha value is -1.53.